The van der Waals surface area contributed by atoms with Crippen molar-refractivity contribution in [1.82, 2.24) is 0 Å². The minimum Gasteiger partial charge on any atom is -0.458 e. The lowest BCUT2D eigenvalue weighted by atomic mass is 9.98. The summed E-state index contributed by atoms with van der Waals surface area (Å²) in [5, 5.41) is 0. The minimum atomic E-state index is -0.911. The van der Waals surface area contributed by atoms with Gasteiger partial charge in [-0.05, 0) is 38.5 Å². The van der Waals surface area contributed by atoms with Crippen LogP contribution in [0.3, 0.4) is 0 Å². The van der Waals surface area contributed by atoms with Gasteiger partial charge in [0.1, 0.15) is 0 Å². The second-order valence-electron chi connectivity index (χ2n) is 5.09. The zero-order valence-electron chi connectivity index (χ0n) is 12.7. The Morgan fingerprint density at radius 1 is 1.11 bits per heavy atom. The second kappa shape index (κ2) is 9.59. The second-order valence-corrected chi connectivity index (χ2v) is 5.09. The molecule has 0 aromatic heterocycles. The molecule has 0 heterocycles. The fourth-order valence-corrected chi connectivity index (χ4v) is 1.34. The number of rotatable bonds is 7. The Hall–Kier alpha value is -1.32. The van der Waals surface area contributed by atoms with Gasteiger partial charge in [-0.1, -0.05) is 32.4 Å². The van der Waals surface area contributed by atoms with Gasteiger partial charge < -0.3 is 9.47 Å². The van der Waals surface area contributed by atoms with Crippen molar-refractivity contribution in [2.45, 2.75) is 47.5 Å². The van der Waals surface area contributed by atoms with E-state index in [0.29, 0.717) is 11.8 Å². The normalized spacial score (nSPS) is 13.3. The van der Waals surface area contributed by atoms with Gasteiger partial charge in [0.2, 0.25) is 0 Å². The van der Waals surface area contributed by atoms with Crippen LogP contribution in [0.2, 0.25) is 0 Å². The number of allylic oxidation sites excluding steroid dienone is 2. The Morgan fingerprint density at radius 2 is 1.68 bits per heavy atom. The number of carbonyl (C=O) groups excluding carboxylic acids is 2. The lowest BCUT2D eigenvalue weighted by Gasteiger charge is -2.11. The summed E-state index contributed by atoms with van der Waals surface area (Å²) in [7, 11) is 0. The number of hydrogen-bond acceptors (Lipinski definition) is 4. The average molecular weight is 270 g/mol. The summed E-state index contributed by atoms with van der Waals surface area (Å²) in [4.78, 5) is 22.2. The molecule has 0 radical (unpaired) electrons. The van der Waals surface area contributed by atoms with Crippen molar-refractivity contribution in [1.29, 1.82) is 0 Å². The lowest BCUT2D eigenvalue weighted by molar-refractivity contribution is -0.167. The molecule has 19 heavy (non-hydrogen) atoms. The SMILES string of the molecule is CCOC(=O)C(=O)OCCC(C)CC=C(C)C(C)C. The van der Waals surface area contributed by atoms with E-state index in [4.69, 9.17) is 4.74 Å². The van der Waals surface area contributed by atoms with Gasteiger partial charge >= 0.3 is 11.9 Å². The van der Waals surface area contributed by atoms with Gasteiger partial charge in [0, 0.05) is 0 Å². The van der Waals surface area contributed by atoms with Crippen molar-refractivity contribution in [3.8, 4) is 0 Å². The first-order valence-corrected chi connectivity index (χ1v) is 6.89. The van der Waals surface area contributed by atoms with Gasteiger partial charge in [-0.25, -0.2) is 9.59 Å². The van der Waals surface area contributed by atoms with Gasteiger partial charge in [-0.3, -0.25) is 0 Å². The van der Waals surface area contributed by atoms with Crippen LogP contribution in [0, 0.1) is 11.8 Å². The number of ether oxygens (including phenoxy) is 2. The standard InChI is InChI=1S/C15H26O4/c1-6-18-14(16)15(17)19-10-9-12(4)7-8-13(5)11(2)3/h8,11-12H,6-7,9-10H2,1-5H3. The molecule has 0 aromatic carbocycles. The third kappa shape index (κ3) is 8.41. The van der Waals surface area contributed by atoms with E-state index in [1.165, 1.54) is 5.57 Å². The smallest absolute Gasteiger partial charge is 0.417 e. The first-order chi connectivity index (χ1) is 8.88. The first kappa shape index (κ1) is 17.7. The van der Waals surface area contributed by atoms with E-state index in [2.05, 4.69) is 38.5 Å². The van der Waals surface area contributed by atoms with Crippen molar-refractivity contribution < 1.29 is 19.1 Å². The summed E-state index contributed by atoms with van der Waals surface area (Å²) in [6.45, 7) is 10.6. The Morgan fingerprint density at radius 3 is 2.21 bits per heavy atom. The molecule has 0 bridgehead atoms. The van der Waals surface area contributed by atoms with Crippen LogP contribution in [-0.2, 0) is 19.1 Å². The molecule has 0 N–H and O–H groups in total. The summed E-state index contributed by atoms with van der Waals surface area (Å²) in [5.41, 5.74) is 1.37. The Bertz CT molecular complexity index is 318. The molecule has 0 saturated heterocycles. The molecule has 0 aliphatic rings. The molecule has 1 unspecified atom stereocenters. The Balaban J connectivity index is 3.86. The van der Waals surface area contributed by atoms with E-state index in [1.54, 1.807) is 6.92 Å². The van der Waals surface area contributed by atoms with Crippen molar-refractivity contribution in [3.05, 3.63) is 11.6 Å². The van der Waals surface area contributed by atoms with Crippen molar-refractivity contribution in [3.63, 3.8) is 0 Å². The number of hydrogen-bond donors (Lipinski definition) is 0. The highest BCUT2D eigenvalue weighted by Crippen LogP contribution is 2.14. The highest BCUT2D eigenvalue weighted by molar-refractivity contribution is 6.29. The molecule has 0 amide bonds. The zero-order chi connectivity index (χ0) is 14.8. The maximum absolute atomic E-state index is 11.2. The number of carbonyl (C=O) groups is 2. The van der Waals surface area contributed by atoms with Gasteiger partial charge in [0.15, 0.2) is 0 Å². The summed E-state index contributed by atoms with van der Waals surface area (Å²) in [6, 6.07) is 0. The van der Waals surface area contributed by atoms with Crippen molar-refractivity contribution in [2.75, 3.05) is 13.2 Å². The number of esters is 2. The van der Waals surface area contributed by atoms with Crippen LogP contribution in [0.15, 0.2) is 11.6 Å². The topological polar surface area (TPSA) is 52.6 Å². The molecular weight excluding hydrogens is 244 g/mol. The Kier molecular flexibility index (Phi) is 8.92. The van der Waals surface area contributed by atoms with Crippen LogP contribution in [0.25, 0.3) is 0 Å². The maximum atomic E-state index is 11.2. The molecule has 1 atom stereocenters. The summed E-state index contributed by atoms with van der Waals surface area (Å²) >= 11 is 0. The Labute approximate surface area is 116 Å². The van der Waals surface area contributed by atoms with Gasteiger partial charge in [-0.15, -0.1) is 0 Å². The van der Waals surface area contributed by atoms with E-state index in [1.807, 2.05) is 0 Å². The van der Waals surface area contributed by atoms with Crippen LogP contribution in [0.4, 0.5) is 0 Å². The molecule has 0 fully saturated rings. The monoisotopic (exact) mass is 270 g/mol. The predicted octanol–water partition coefficient (Wildman–Crippen LogP) is 3.11. The van der Waals surface area contributed by atoms with Gasteiger partial charge in [-0.2, -0.15) is 0 Å². The van der Waals surface area contributed by atoms with E-state index < -0.39 is 11.9 Å². The fourth-order valence-electron chi connectivity index (χ4n) is 1.34. The third-order valence-electron chi connectivity index (χ3n) is 3.04. The van der Waals surface area contributed by atoms with Crippen molar-refractivity contribution in [2.24, 2.45) is 11.8 Å². The zero-order valence-corrected chi connectivity index (χ0v) is 12.7. The summed E-state index contributed by atoms with van der Waals surface area (Å²) in [6.07, 6.45) is 3.93. The maximum Gasteiger partial charge on any atom is 0.417 e. The van der Waals surface area contributed by atoms with Crippen LogP contribution < -0.4 is 0 Å². The van der Waals surface area contributed by atoms with Crippen LogP contribution in [-0.4, -0.2) is 25.2 Å². The molecule has 0 spiro atoms. The molecule has 0 saturated carbocycles. The quantitative estimate of drug-likeness (QED) is 0.405. The molecule has 0 rings (SSSR count). The van der Waals surface area contributed by atoms with E-state index >= 15 is 0 Å². The predicted molar refractivity (Wildman–Crippen MR) is 74.6 cm³/mol. The van der Waals surface area contributed by atoms with Crippen LogP contribution in [0.5, 0.6) is 0 Å². The molecule has 0 aromatic rings. The van der Waals surface area contributed by atoms with E-state index in [0.717, 1.165) is 12.8 Å². The molecule has 110 valence electrons. The average Bonchev–Trinajstić information content (AvgIpc) is 2.35. The molecular formula is C15H26O4. The first-order valence-electron chi connectivity index (χ1n) is 6.89. The molecule has 4 heteroatoms. The summed E-state index contributed by atoms with van der Waals surface area (Å²) < 4.78 is 9.39. The van der Waals surface area contributed by atoms with Crippen LogP contribution >= 0.6 is 0 Å². The van der Waals surface area contributed by atoms with E-state index in [9.17, 15) is 9.59 Å². The highest BCUT2D eigenvalue weighted by Gasteiger charge is 2.16. The molecule has 4 nitrogen and oxygen atoms in total. The third-order valence-corrected chi connectivity index (χ3v) is 3.04. The highest BCUT2D eigenvalue weighted by atomic mass is 16.6. The molecule has 0 aliphatic carbocycles. The lowest BCUT2D eigenvalue weighted by Crippen LogP contribution is -2.21. The van der Waals surface area contributed by atoms with E-state index in [-0.39, 0.29) is 13.2 Å². The minimum absolute atomic E-state index is 0.184. The largest absolute Gasteiger partial charge is 0.458 e. The molecule has 0 aliphatic heterocycles. The fraction of sp³-hybridized carbons (Fsp3) is 0.733. The van der Waals surface area contributed by atoms with Crippen LogP contribution in [0.1, 0.15) is 47.5 Å². The summed E-state index contributed by atoms with van der Waals surface area (Å²) in [5.74, 6) is -0.828. The van der Waals surface area contributed by atoms with Gasteiger partial charge in [0.05, 0.1) is 13.2 Å². The van der Waals surface area contributed by atoms with Crippen molar-refractivity contribution >= 4 is 11.9 Å². The van der Waals surface area contributed by atoms with Gasteiger partial charge in [0.25, 0.3) is 0 Å².